The topological polar surface area (TPSA) is 63.4 Å². The Hall–Kier alpha value is -1.60. The summed E-state index contributed by atoms with van der Waals surface area (Å²) in [4.78, 5) is 22.5. The van der Waals surface area contributed by atoms with Gasteiger partial charge in [0.15, 0.2) is 6.17 Å². The number of amides is 2. The van der Waals surface area contributed by atoms with Crippen LogP contribution in [0.5, 0.6) is 0 Å². The van der Waals surface area contributed by atoms with Gasteiger partial charge in [0.2, 0.25) is 0 Å². The summed E-state index contributed by atoms with van der Waals surface area (Å²) in [5.41, 5.74) is 5.27. The lowest BCUT2D eigenvalue weighted by Gasteiger charge is -2.16. The molecule has 4 nitrogen and oxygen atoms in total. The number of rotatable bonds is 1. The molecule has 11 heavy (non-hydrogen) atoms. The first-order valence-electron chi connectivity index (χ1n) is 2.94. The Balaban J connectivity index is 2.83. The molecule has 1 aliphatic heterocycles. The Morgan fingerprint density at radius 1 is 1.45 bits per heavy atom. The van der Waals surface area contributed by atoms with Gasteiger partial charge in [-0.25, -0.2) is 4.90 Å². The van der Waals surface area contributed by atoms with Crippen molar-refractivity contribution >= 4 is 11.8 Å². The Morgan fingerprint density at radius 2 is 1.91 bits per heavy atom. The lowest BCUT2D eigenvalue weighted by Crippen LogP contribution is -2.44. The molecule has 0 spiro atoms. The molecule has 0 aromatic heterocycles. The largest absolute Gasteiger partial charge is 0.300 e. The van der Waals surface area contributed by atoms with E-state index in [1.165, 1.54) is 0 Å². The van der Waals surface area contributed by atoms with Gasteiger partial charge in [0, 0.05) is 12.2 Å². The second-order valence-electron chi connectivity index (χ2n) is 1.99. The van der Waals surface area contributed by atoms with Crippen molar-refractivity contribution in [1.82, 2.24) is 4.90 Å². The highest BCUT2D eigenvalue weighted by Gasteiger charge is 2.27. The summed E-state index contributed by atoms with van der Waals surface area (Å²) in [5, 5.41) is 0. The van der Waals surface area contributed by atoms with Crippen LogP contribution in [-0.4, -0.2) is 22.9 Å². The number of hydrogen-bond donors (Lipinski definition) is 1. The molecule has 0 aromatic rings. The van der Waals surface area contributed by atoms with Gasteiger partial charge in [-0.1, -0.05) is 5.92 Å². The van der Waals surface area contributed by atoms with E-state index in [1.807, 2.05) is 0 Å². The van der Waals surface area contributed by atoms with Crippen molar-refractivity contribution < 1.29 is 9.59 Å². The molecule has 4 heteroatoms. The molecular formula is C7H6N2O2. The first-order valence-corrected chi connectivity index (χ1v) is 2.94. The number of carbonyl (C=O) groups is 2. The van der Waals surface area contributed by atoms with Gasteiger partial charge in [-0.05, 0) is 0 Å². The minimum atomic E-state index is -0.954. The van der Waals surface area contributed by atoms with Crippen LogP contribution in [0.1, 0.15) is 0 Å². The van der Waals surface area contributed by atoms with Crippen LogP contribution in [0.3, 0.4) is 0 Å². The minimum absolute atomic E-state index is 0.458. The van der Waals surface area contributed by atoms with E-state index in [0.717, 1.165) is 17.1 Å². The first-order chi connectivity index (χ1) is 5.16. The van der Waals surface area contributed by atoms with Crippen LogP contribution in [0.4, 0.5) is 0 Å². The monoisotopic (exact) mass is 150 g/mol. The number of nitrogens with two attached hydrogens (primary N) is 1. The van der Waals surface area contributed by atoms with Gasteiger partial charge in [-0.2, -0.15) is 0 Å². The highest BCUT2D eigenvalue weighted by molar-refractivity contribution is 6.13. The molecule has 1 unspecified atom stereocenters. The zero-order valence-corrected chi connectivity index (χ0v) is 5.65. The van der Waals surface area contributed by atoms with Gasteiger partial charge in [-0.3, -0.25) is 9.59 Å². The van der Waals surface area contributed by atoms with Gasteiger partial charge in [0.05, 0.1) is 0 Å². The Bertz CT molecular complexity index is 257. The van der Waals surface area contributed by atoms with E-state index in [4.69, 9.17) is 12.2 Å². The molecule has 56 valence electrons. The summed E-state index contributed by atoms with van der Waals surface area (Å²) in [6.45, 7) is 0. The Morgan fingerprint density at radius 3 is 2.27 bits per heavy atom. The summed E-state index contributed by atoms with van der Waals surface area (Å²) in [6.07, 6.45) is 6.25. The maximum atomic E-state index is 10.8. The lowest BCUT2D eigenvalue weighted by atomic mass is 10.4. The minimum Gasteiger partial charge on any atom is -0.300 e. The highest BCUT2D eigenvalue weighted by Crippen LogP contribution is 2.04. The fraction of sp³-hybridized carbons (Fsp3) is 0.143. The second-order valence-corrected chi connectivity index (χ2v) is 1.99. The average molecular weight is 150 g/mol. The second kappa shape index (κ2) is 2.56. The molecule has 1 atom stereocenters. The molecule has 0 saturated carbocycles. The van der Waals surface area contributed by atoms with E-state index in [2.05, 4.69) is 5.92 Å². The van der Waals surface area contributed by atoms with E-state index in [0.29, 0.717) is 0 Å². The van der Waals surface area contributed by atoms with E-state index < -0.39 is 18.0 Å². The zero-order valence-electron chi connectivity index (χ0n) is 5.65. The fourth-order valence-corrected chi connectivity index (χ4v) is 0.760. The maximum Gasteiger partial charge on any atom is 0.255 e. The summed E-state index contributed by atoms with van der Waals surface area (Å²) in [5.74, 6) is 1.17. The van der Waals surface area contributed by atoms with Crippen molar-refractivity contribution in [3.63, 3.8) is 0 Å². The third kappa shape index (κ3) is 1.14. The van der Waals surface area contributed by atoms with Gasteiger partial charge < -0.3 is 5.73 Å². The first kappa shape index (κ1) is 7.51. The smallest absolute Gasteiger partial charge is 0.255 e. The van der Waals surface area contributed by atoms with E-state index >= 15 is 0 Å². The van der Waals surface area contributed by atoms with Gasteiger partial charge >= 0.3 is 0 Å². The molecule has 0 aliphatic carbocycles. The number of nitrogens with zero attached hydrogens (tertiary/aromatic N) is 1. The quantitative estimate of drug-likeness (QED) is 0.378. The van der Waals surface area contributed by atoms with Gasteiger partial charge in [-0.15, -0.1) is 6.42 Å². The van der Waals surface area contributed by atoms with Crippen molar-refractivity contribution in [2.45, 2.75) is 6.17 Å². The van der Waals surface area contributed by atoms with E-state index in [1.54, 1.807) is 0 Å². The summed E-state index contributed by atoms with van der Waals surface area (Å²) in [7, 11) is 0. The van der Waals surface area contributed by atoms with Crippen LogP contribution in [0, 0.1) is 12.3 Å². The molecule has 1 heterocycles. The molecule has 0 saturated heterocycles. The van der Waals surface area contributed by atoms with E-state index in [9.17, 15) is 9.59 Å². The molecule has 0 fully saturated rings. The van der Waals surface area contributed by atoms with Crippen LogP contribution < -0.4 is 5.73 Å². The third-order valence-corrected chi connectivity index (χ3v) is 1.29. The number of hydrogen-bond acceptors (Lipinski definition) is 3. The van der Waals surface area contributed by atoms with Crippen LogP contribution >= 0.6 is 0 Å². The fourth-order valence-electron chi connectivity index (χ4n) is 0.760. The third-order valence-electron chi connectivity index (χ3n) is 1.29. The molecule has 1 aliphatic rings. The Labute approximate surface area is 63.7 Å². The summed E-state index contributed by atoms with van der Waals surface area (Å²) < 4.78 is 0. The lowest BCUT2D eigenvalue weighted by molar-refractivity contribution is -0.138. The molecule has 0 aromatic carbocycles. The van der Waals surface area contributed by atoms with Crippen LogP contribution in [0.2, 0.25) is 0 Å². The standard InChI is InChI=1S/C7H6N2O2/c1-2-5(8)9-6(10)3-4-7(9)11/h1,3-5H,8H2. The number of imide groups is 1. The van der Waals surface area contributed by atoms with Crippen LogP contribution in [0.25, 0.3) is 0 Å². The predicted molar refractivity (Wildman–Crippen MR) is 37.8 cm³/mol. The molecule has 2 N–H and O–H groups in total. The average Bonchev–Trinajstić information content (AvgIpc) is 2.30. The van der Waals surface area contributed by atoms with E-state index in [-0.39, 0.29) is 0 Å². The summed E-state index contributed by atoms with van der Waals surface area (Å²) >= 11 is 0. The zero-order chi connectivity index (χ0) is 8.43. The van der Waals surface area contributed by atoms with Crippen molar-refractivity contribution in [2.75, 3.05) is 0 Å². The maximum absolute atomic E-state index is 10.8. The van der Waals surface area contributed by atoms with Crippen LogP contribution in [0.15, 0.2) is 12.2 Å². The number of carbonyl (C=O) groups excluding carboxylic acids is 2. The molecule has 0 radical (unpaired) electrons. The van der Waals surface area contributed by atoms with Crippen molar-refractivity contribution in [1.29, 1.82) is 0 Å². The summed E-state index contributed by atoms with van der Waals surface area (Å²) in [6, 6.07) is 0. The molecule has 0 bridgehead atoms. The SMILES string of the molecule is C#CC(N)N1C(=O)C=CC1=O. The van der Waals surface area contributed by atoms with Crippen molar-refractivity contribution in [2.24, 2.45) is 5.73 Å². The molecule has 2 amide bonds. The van der Waals surface area contributed by atoms with Crippen LogP contribution in [-0.2, 0) is 9.59 Å². The predicted octanol–water partition coefficient (Wildman–Crippen LogP) is -1.17. The molecule has 1 rings (SSSR count). The van der Waals surface area contributed by atoms with Gasteiger partial charge in [0.1, 0.15) is 0 Å². The molecular weight excluding hydrogens is 144 g/mol. The Kier molecular flexibility index (Phi) is 1.75. The van der Waals surface area contributed by atoms with Crippen molar-refractivity contribution in [3.8, 4) is 12.3 Å². The number of terminal acetylenes is 1. The van der Waals surface area contributed by atoms with Crippen molar-refractivity contribution in [3.05, 3.63) is 12.2 Å². The highest BCUT2D eigenvalue weighted by atomic mass is 16.2. The van der Waals surface area contributed by atoms with Gasteiger partial charge in [0.25, 0.3) is 11.8 Å². The normalized spacial score (nSPS) is 18.7.